The molecule has 0 spiro atoms. The number of hydrogen-bond donors (Lipinski definition) is 1. The summed E-state index contributed by atoms with van der Waals surface area (Å²) < 4.78 is 1.62. The number of halogens is 1. The Kier molecular flexibility index (Phi) is 3.02. The summed E-state index contributed by atoms with van der Waals surface area (Å²) in [4.78, 5) is 3.81. The zero-order valence-electron chi connectivity index (χ0n) is 6.66. The number of aromatic hydroxyl groups is 1. The van der Waals surface area contributed by atoms with Crippen LogP contribution in [0, 0.1) is 0 Å². The van der Waals surface area contributed by atoms with Crippen molar-refractivity contribution in [3.8, 4) is 11.4 Å². The standard InChI is InChI=1S/C8H7N3O.BrH/c12-8-3-1-7(2-4-8)11-6-9-5-10-11;/h1-6,12H;1H. The van der Waals surface area contributed by atoms with Crippen LogP contribution in [0.15, 0.2) is 36.9 Å². The summed E-state index contributed by atoms with van der Waals surface area (Å²) in [7, 11) is 0. The van der Waals surface area contributed by atoms with E-state index in [0.29, 0.717) is 0 Å². The Hall–Kier alpha value is -1.36. The van der Waals surface area contributed by atoms with E-state index in [4.69, 9.17) is 5.11 Å². The molecule has 0 fully saturated rings. The Morgan fingerprint density at radius 1 is 1.15 bits per heavy atom. The highest BCUT2D eigenvalue weighted by molar-refractivity contribution is 8.93. The predicted octanol–water partition coefficient (Wildman–Crippen LogP) is 1.55. The van der Waals surface area contributed by atoms with Crippen molar-refractivity contribution in [2.24, 2.45) is 0 Å². The summed E-state index contributed by atoms with van der Waals surface area (Å²) in [6.07, 6.45) is 3.07. The summed E-state index contributed by atoms with van der Waals surface area (Å²) in [5.74, 6) is 0.249. The molecule has 5 heteroatoms. The van der Waals surface area contributed by atoms with Crippen LogP contribution in [0.2, 0.25) is 0 Å². The minimum atomic E-state index is 0. The number of rotatable bonds is 1. The molecule has 1 N–H and O–H groups in total. The molecule has 1 aromatic heterocycles. The van der Waals surface area contributed by atoms with Gasteiger partial charge in [-0.2, -0.15) is 5.10 Å². The molecule has 0 aliphatic rings. The monoisotopic (exact) mass is 241 g/mol. The Labute approximate surface area is 85.6 Å². The van der Waals surface area contributed by atoms with Crippen LogP contribution in [0.25, 0.3) is 5.69 Å². The van der Waals surface area contributed by atoms with E-state index >= 15 is 0 Å². The minimum Gasteiger partial charge on any atom is -0.508 e. The van der Waals surface area contributed by atoms with Crippen molar-refractivity contribution in [2.45, 2.75) is 0 Å². The fourth-order valence-electron chi connectivity index (χ4n) is 0.947. The van der Waals surface area contributed by atoms with Gasteiger partial charge in [0, 0.05) is 0 Å². The molecule has 1 aromatic carbocycles. The van der Waals surface area contributed by atoms with Crippen LogP contribution in [0.1, 0.15) is 0 Å². The van der Waals surface area contributed by atoms with Crippen molar-refractivity contribution in [3.05, 3.63) is 36.9 Å². The van der Waals surface area contributed by atoms with Gasteiger partial charge >= 0.3 is 0 Å². The van der Waals surface area contributed by atoms with Crippen LogP contribution >= 0.6 is 17.0 Å². The van der Waals surface area contributed by atoms with Gasteiger partial charge in [0.15, 0.2) is 0 Å². The lowest BCUT2D eigenvalue weighted by Gasteiger charge is -1.98. The Bertz CT molecular complexity index is 357. The average molecular weight is 242 g/mol. The number of phenols is 1. The number of aromatic nitrogens is 3. The second-order valence-electron chi connectivity index (χ2n) is 2.36. The third-order valence-electron chi connectivity index (χ3n) is 1.53. The molecule has 4 nitrogen and oxygen atoms in total. The van der Waals surface area contributed by atoms with Crippen LogP contribution < -0.4 is 0 Å². The second-order valence-corrected chi connectivity index (χ2v) is 2.36. The highest BCUT2D eigenvalue weighted by atomic mass is 79.9. The number of phenolic OH excluding ortho intramolecular Hbond substituents is 1. The van der Waals surface area contributed by atoms with Crippen LogP contribution in [-0.4, -0.2) is 19.9 Å². The quantitative estimate of drug-likeness (QED) is 0.825. The molecule has 0 aliphatic heterocycles. The number of benzene rings is 1. The van der Waals surface area contributed by atoms with E-state index in [2.05, 4.69) is 10.1 Å². The maximum absolute atomic E-state index is 9.01. The molecule has 1 heterocycles. The normalized spacial score (nSPS) is 9.23. The van der Waals surface area contributed by atoms with Crippen molar-refractivity contribution in [1.29, 1.82) is 0 Å². The van der Waals surface area contributed by atoms with E-state index in [1.807, 2.05) is 0 Å². The summed E-state index contributed by atoms with van der Waals surface area (Å²) in [6, 6.07) is 6.75. The van der Waals surface area contributed by atoms with Crippen LogP contribution in [0.4, 0.5) is 0 Å². The average Bonchev–Trinajstić information content (AvgIpc) is 2.58. The van der Waals surface area contributed by atoms with Crippen molar-refractivity contribution in [2.75, 3.05) is 0 Å². The molecule has 2 rings (SSSR count). The molecule has 0 saturated carbocycles. The summed E-state index contributed by atoms with van der Waals surface area (Å²) in [5, 5.41) is 12.9. The molecular weight excluding hydrogens is 234 g/mol. The first-order valence-electron chi connectivity index (χ1n) is 3.50. The van der Waals surface area contributed by atoms with Crippen molar-refractivity contribution < 1.29 is 5.11 Å². The van der Waals surface area contributed by atoms with Crippen LogP contribution in [0.3, 0.4) is 0 Å². The molecule has 0 bridgehead atoms. The predicted molar refractivity (Wildman–Crippen MR) is 53.3 cm³/mol. The first kappa shape index (κ1) is 9.73. The summed E-state index contributed by atoms with van der Waals surface area (Å²) in [6.45, 7) is 0. The van der Waals surface area contributed by atoms with Crippen LogP contribution in [0.5, 0.6) is 5.75 Å². The van der Waals surface area contributed by atoms with E-state index in [9.17, 15) is 0 Å². The third kappa shape index (κ3) is 2.06. The van der Waals surface area contributed by atoms with Gasteiger partial charge in [0.2, 0.25) is 0 Å². The van der Waals surface area contributed by atoms with Crippen molar-refractivity contribution in [1.82, 2.24) is 14.8 Å². The van der Waals surface area contributed by atoms with E-state index in [-0.39, 0.29) is 22.7 Å². The van der Waals surface area contributed by atoms with Gasteiger partial charge in [-0.15, -0.1) is 17.0 Å². The SMILES string of the molecule is Br.Oc1ccc(-n2cncn2)cc1. The summed E-state index contributed by atoms with van der Waals surface area (Å²) >= 11 is 0. The molecule has 0 atom stereocenters. The largest absolute Gasteiger partial charge is 0.508 e. The highest BCUT2D eigenvalue weighted by Crippen LogP contribution is 2.11. The number of hydrogen-bond acceptors (Lipinski definition) is 3. The minimum absolute atomic E-state index is 0. The molecule has 13 heavy (non-hydrogen) atoms. The molecule has 0 aliphatic carbocycles. The topological polar surface area (TPSA) is 50.9 Å². The zero-order chi connectivity index (χ0) is 8.39. The molecule has 0 amide bonds. The molecule has 0 unspecified atom stereocenters. The molecule has 0 saturated heterocycles. The van der Waals surface area contributed by atoms with Gasteiger partial charge < -0.3 is 5.11 Å². The maximum Gasteiger partial charge on any atom is 0.138 e. The Balaban J connectivity index is 0.000000845. The third-order valence-corrected chi connectivity index (χ3v) is 1.53. The first-order valence-corrected chi connectivity index (χ1v) is 3.50. The Morgan fingerprint density at radius 3 is 2.38 bits per heavy atom. The van der Waals surface area contributed by atoms with Gasteiger partial charge in [-0.3, -0.25) is 0 Å². The van der Waals surface area contributed by atoms with E-state index in [1.165, 1.54) is 6.33 Å². The van der Waals surface area contributed by atoms with E-state index in [1.54, 1.807) is 35.3 Å². The fraction of sp³-hybridized carbons (Fsp3) is 0. The summed E-state index contributed by atoms with van der Waals surface area (Å²) in [5.41, 5.74) is 0.880. The van der Waals surface area contributed by atoms with Gasteiger partial charge in [-0.05, 0) is 24.3 Å². The van der Waals surface area contributed by atoms with E-state index < -0.39 is 0 Å². The Morgan fingerprint density at radius 2 is 1.85 bits per heavy atom. The second kappa shape index (κ2) is 4.04. The lowest BCUT2D eigenvalue weighted by Crippen LogP contribution is -1.92. The maximum atomic E-state index is 9.01. The smallest absolute Gasteiger partial charge is 0.138 e. The van der Waals surface area contributed by atoms with Crippen molar-refractivity contribution >= 4 is 17.0 Å². The van der Waals surface area contributed by atoms with Crippen LogP contribution in [-0.2, 0) is 0 Å². The van der Waals surface area contributed by atoms with Gasteiger partial charge in [-0.25, -0.2) is 9.67 Å². The number of nitrogens with zero attached hydrogens (tertiary/aromatic N) is 3. The molecule has 2 aromatic rings. The van der Waals surface area contributed by atoms with Crippen molar-refractivity contribution in [3.63, 3.8) is 0 Å². The van der Waals surface area contributed by atoms with Gasteiger partial charge in [0.1, 0.15) is 18.4 Å². The molecule has 0 radical (unpaired) electrons. The zero-order valence-corrected chi connectivity index (χ0v) is 8.37. The molecular formula is C8H8BrN3O. The van der Waals surface area contributed by atoms with Gasteiger partial charge in [0.05, 0.1) is 5.69 Å². The van der Waals surface area contributed by atoms with E-state index in [0.717, 1.165) is 5.69 Å². The van der Waals surface area contributed by atoms with Gasteiger partial charge in [0.25, 0.3) is 0 Å². The fourth-order valence-corrected chi connectivity index (χ4v) is 0.947. The lowest BCUT2D eigenvalue weighted by atomic mass is 10.3. The first-order chi connectivity index (χ1) is 5.86. The van der Waals surface area contributed by atoms with Gasteiger partial charge in [-0.1, -0.05) is 0 Å². The lowest BCUT2D eigenvalue weighted by molar-refractivity contribution is 0.475. The highest BCUT2D eigenvalue weighted by Gasteiger charge is 1.94. The molecule has 68 valence electrons.